The highest BCUT2D eigenvalue weighted by molar-refractivity contribution is 5.97. The predicted molar refractivity (Wildman–Crippen MR) is 158 cm³/mol. The van der Waals surface area contributed by atoms with Gasteiger partial charge in [0.05, 0.1) is 17.9 Å². The third-order valence-corrected chi connectivity index (χ3v) is 6.43. The summed E-state index contributed by atoms with van der Waals surface area (Å²) in [5.74, 6) is -0.464. The van der Waals surface area contributed by atoms with Crippen LogP contribution in [0.5, 0.6) is 0 Å². The summed E-state index contributed by atoms with van der Waals surface area (Å²) in [5, 5.41) is 5.80. The van der Waals surface area contributed by atoms with Crippen LogP contribution in [0, 0.1) is 27.7 Å². The van der Waals surface area contributed by atoms with Crippen LogP contribution < -0.4 is 16.4 Å². The SMILES string of the molecule is Cc1cc(C)cc(CNC(=O)CN(CCCCCC(=O)Nc2ccccc2N)C(=O)c2cc(C)cc(C)c2)c1. The average Bonchev–Trinajstić information content (AvgIpc) is 2.86. The third kappa shape index (κ3) is 9.60. The Kier molecular flexibility index (Phi) is 10.7. The Labute approximate surface area is 231 Å². The van der Waals surface area contributed by atoms with Gasteiger partial charge in [-0.2, -0.15) is 0 Å². The Morgan fingerprint density at radius 1 is 0.769 bits per heavy atom. The number of anilines is 2. The van der Waals surface area contributed by atoms with E-state index < -0.39 is 0 Å². The number of benzene rings is 3. The van der Waals surface area contributed by atoms with Crippen LogP contribution in [-0.4, -0.2) is 35.7 Å². The maximum atomic E-state index is 13.4. The molecule has 0 saturated heterocycles. The second kappa shape index (κ2) is 14.1. The second-order valence-corrected chi connectivity index (χ2v) is 10.3. The summed E-state index contributed by atoms with van der Waals surface area (Å²) >= 11 is 0. The molecule has 0 spiro atoms. The van der Waals surface area contributed by atoms with Crippen molar-refractivity contribution in [2.24, 2.45) is 0 Å². The van der Waals surface area contributed by atoms with Crippen LogP contribution in [0.1, 0.15) is 63.9 Å². The number of hydrogen-bond acceptors (Lipinski definition) is 4. The van der Waals surface area contributed by atoms with E-state index in [0.717, 1.165) is 34.2 Å². The van der Waals surface area contributed by atoms with E-state index >= 15 is 0 Å². The van der Waals surface area contributed by atoms with Crippen LogP contribution in [0.15, 0.2) is 60.7 Å². The van der Waals surface area contributed by atoms with Crippen LogP contribution in [-0.2, 0) is 16.1 Å². The summed E-state index contributed by atoms with van der Waals surface area (Å²) in [7, 11) is 0. The maximum Gasteiger partial charge on any atom is 0.254 e. The molecule has 0 atom stereocenters. The number of nitrogens with zero attached hydrogens (tertiary/aromatic N) is 1. The fraction of sp³-hybridized carbons (Fsp3) is 0.344. The van der Waals surface area contributed by atoms with E-state index in [-0.39, 0.29) is 24.3 Å². The van der Waals surface area contributed by atoms with Crippen LogP contribution in [0.3, 0.4) is 0 Å². The van der Waals surface area contributed by atoms with Crippen molar-refractivity contribution in [3.8, 4) is 0 Å². The molecule has 7 heteroatoms. The number of carbonyl (C=O) groups is 3. The quantitative estimate of drug-likeness (QED) is 0.214. The lowest BCUT2D eigenvalue weighted by Gasteiger charge is -2.23. The van der Waals surface area contributed by atoms with E-state index in [0.29, 0.717) is 49.3 Å². The van der Waals surface area contributed by atoms with Gasteiger partial charge >= 0.3 is 0 Å². The first kappa shape index (κ1) is 29.4. The zero-order valence-electron chi connectivity index (χ0n) is 23.5. The van der Waals surface area contributed by atoms with Crippen LogP contribution >= 0.6 is 0 Å². The molecule has 206 valence electrons. The molecule has 3 aromatic carbocycles. The van der Waals surface area contributed by atoms with Gasteiger partial charge in [-0.1, -0.05) is 65.1 Å². The summed E-state index contributed by atoms with van der Waals surface area (Å²) < 4.78 is 0. The summed E-state index contributed by atoms with van der Waals surface area (Å²) in [6.45, 7) is 8.79. The van der Waals surface area contributed by atoms with Crippen LogP contribution in [0.25, 0.3) is 0 Å². The van der Waals surface area contributed by atoms with Crippen molar-refractivity contribution in [1.29, 1.82) is 0 Å². The Morgan fingerprint density at radius 3 is 2.03 bits per heavy atom. The van der Waals surface area contributed by atoms with E-state index in [1.165, 1.54) is 0 Å². The Hall–Kier alpha value is -4.13. The summed E-state index contributed by atoms with van der Waals surface area (Å²) in [5.41, 5.74) is 12.9. The van der Waals surface area contributed by atoms with E-state index in [4.69, 9.17) is 5.73 Å². The van der Waals surface area contributed by atoms with Crippen molar-refractivity contribution in [2.75, 3.05) is 24.1 Å². The first-order chi connectivity index (χ1) is 18.6. The number of unbranched alkanes of at least 4 members (excludes halogenated alkanes) is 2. The number of rotatable bonds is 12. The smallest absolute Gasteiger partial charge is 0.254 e. The highest BCUT2D eigenvalue weighted by Crippen LogP contribution is 2.18. The van der Waals surface area contributed by atoms with Crippen LogP contribution in [0.2, 0.25) is 0 Å². The molecule has 0 radical (unpaired) electrons. The van der Waals surface area contributed by atoms with Crippen molar-refractivity contribution in [1.82, 2.24) is 10.2 Å². The third-order valence-electron chi connectivity index (χ3n) is 6.43. The minimum atomic E-state index is -0.202. The van der Waals surface area contributed by atoms with Crippen molar-refractivity contribution in [3.63, 3.8) is 0 Å². The first-order valence-electron chi connectivity index (χ1n) is 13.5. The van der Waals surface area contributed by atoms with Crippen molar-refractivity contribution >= 4 is 29.1 Å². The Balaban J connectivity index is 1.56. The Morgan fingerprint density at radius 2 is 1.38 bits per heavy atom. The molecule has 3 aromatic rings. The van der Waals surface area contributed by atoms with Gasteiger partial charge in [0.1, 0.15) is 0 Å². The van der Waals surface area contributed by atoms with Gasteiger partial charge in [-0.3, -0.25) is 14.4 Å². The van der Waals surface area contributed by atoms with E-state index in [1.807, 2.05) is 70.2 Å². The maximum absolute atomic E-state index is 13.4. The lowest BCUT2D eigenvalue weighted by Crippen LogP contribution is -2.41. The molecule has 0 unspecified atom stereocenters. The zero-order valence-corrected chi connectivity index (χ0v) is 23.5. The summed E-state index contributed by atoms with van der Waals surface area (Å²) in [6.07, 6.45) is 2.46. The van der Waals surface area contributed by atoms with Gasteiger partial charge in [-0.15, -0.1) is 0 Å². The topological polar surface area (TPSA) is 105 Å². The van der Waals surface area contributed by atoms with Gasteiger partial charge < -0.3 is 21.3 Å². The summed E-state index contributed by atoms with van der Waals surface area (Å²) in [6, 6.07) is 19.1. The normalized spacial score (nSPS) is 10.7. The molecular weight excluding hydrogens is 488 g/mol. The molecule has 0 aliphatic rings. The molecular formula is C32H40N4O3. The van der Waals surface area contributed by atoms with Crippen LogP contribution in [0.4, 0.5) is 11.4 Å². The highest BCUT2D eigenvalue weighted by atomic mass is 16.2. The lowest BCUT2D eigenvalue weighted by molar-refractivity contribution is -0.122. The molecule has 4 N–H and O–H groups in total. The molecule has 0 saturated carbocycles. The summed E-state index contributed by atoms with van der Waals surface area (Å²) in [4.78, 5) is 40.2. The average molecular weight is 529 g/mol. The number of carbonyl (C=O) groups excluding carboxylic acids is 3. The van der Waals surface area contributed by atoms with Gasteiger partial charge in [-0.05, 0) is 70.4 Å². The minimum Gasteiger partial charge on any atom is -0.397 e. The molecule has 7 nitrogen and oxygen atoms in total. The molecule has 3 rings (SSSR count). The fourth-order valence-electron chi connectivity index (χ4n) is 4.72. The number of nitrogens with two attached hydrogens (primary N) is 1. The van der Waals surface area contributed by atoms with Crippen molar-refractivity contribution < 1.29 is 14.4 Å². The van der Waals surface area contributed by atoms with Gasteiger partial charge in [0.2, 0.25) is 11.8 Å². The zero-order chi connectivity index (χ0) is 28.4. The van der Waals surface area contributed by atoms with E-state index in [1.54, 1.807) is 17.0 Å². The van der Waals surface area contributed by atoms with Gasteiger partial charge in [0.15, 0.2) is 0 Å². The van der Waals surface area contributed by atoms with E-state index in [9.17, 15) is 14.4 Å². The lowest BCUT2D eigenvalue weighted by atomic mass is 10.1. The number of para-hydroxylation sites is 2. The monoisotopic (exact) mass is 528 g/mol. The molecule has 0 fully saturated rings. The Bertz CT molecular complexity index is 1280. The molecule has 0 heterocycles. The molecule has 3 amide bonds. The minimum absolute atomic E-state index is 0.0234. The number of nitrogens with one attached hydrogen (secondary N) is 2. The van der Waals surface area contributed by atoms with Crippen molar-refractivity contribution in [2.45, 2.75) is 59.9 Å². The number of nitrogen functional groups attached to an aromatic ring is 1. The first-order valence-corrected chi connectivity index (χ1v) is 13.5. The highest BCUT2D eigenvalue weighted by Gasteiger charge is 2.19. The standard InChI is InChI=1S/C32H40N4O3/c1-22-14-23(2)17-26(16-22)20-34-31(38)21-36(32(39)27-18-24(3)15-25(4)19-27)13-9-5-6-12-30(37)35-29-11-8-7-10-28(29)33/h7-8,10-11,14-19H,5-6,9,12-13,20-21,33H2,1-4H3,(H,34,38)(H,35,37). The molecule has 39 heavy (non-hydrogen) atoms. The van der Waals surface area contributed by atoms with Gasteiger partial charge in [-0.25, -0.2) is 0 Å². The van der Waals surface area contributed by atoms with Gasteiger partial charge in [0.25, 0.3) is 5.91 Å². The van der Waals surface area contributed by atoms with Gasteiger partial charge in [0, 0.05) is 25.1 Å². The largest absolute Gasteiger partial charge is 0.397 e. The second-order valence-electron chi connectivity index (χ2n) is 10.3. The number of hydrogen-bond donors (Lipinski definition) is 3. The van der Waals surface area contributed by atoms with Crippen molar-refractivity contribution in [3.05, 3.63) is 94.0 Å². The predicted octanol–water partition coefficient (Wildman–Crippen LogP) is 5.46. The fourth-order valence-corrected chi connectivity index (χ4v) is 4.72. The molecule has 0 bridgehead atoms. The van der Waals surface area contributed by atoms with E-state index in [2.05, 4.69) is 16.7 Å². The number of amides is 3. The molecule has 0 aliphatic heterocycles. The number of aryl methyl sites for hydroxylation is 4. The molecule has 0 aliphatic carbocycles. The molecule has 0 aromatic heterocycles.